The predicted octanol–water partition coefficient (Wildman–Crippen LogP) is 2.30. The fourth-order valence-electron chi connectivity index (χ4n) is 2.73. The van der Waals surface area contributed by atoms with Gasteiger partial charge in [0.1, 0.15) is 5.75 Å². The molecule has 0 aliphatic carbocycles. The lowest BCUT2D eigenvalue weighted by molar-refractivity contribution is -0.128. The van der Waals surface area contributed by atoms with E-state index in [0.717, 1.165) is 45.0 Å². The van der Waals surface area contributed by atoms with Gasteiger partial charge in [0.25, 0.3) is 5.91 Å². The van der Waals surface area contributed by atoms with Crippen molar-refractivity contribution in [1.29, 1.82) is 0 Å². The molecule has 5 nitrogen and oxygen atoms in total. The molecule has 1 fully saturated rings. The minimum atomic E-state index is -0.435. The van der Waals surface area contributed by atoms with E-state index in [-0.39, 0.29) is 5.91 Å². The van der Waals surface area contributed by atoms with Crippen molar-refractivity contribution in [3.05, 3.63) is 29.3 Å². The van der Waals surface area contributed by atoms with E-state index in [1.807, 2.05) is 25.1 Å². The second kappa shape index (κ2) is 9.64. The van der Waals surface area contributed by atoms with Crippen molar-refractivity contribution in [2.24, 2.45) is 0 Å². The number of benzene rings is 1. The number of carbonyl (C=O) groups excluding carboxylic acids is 1. The van der Waals surface area contributed by atoms with E-state index in [0.29, 0.717) is 13.0 Å². The molecule has 5 heteroatoms. The number of hydrogen-bond donors (Lipinski definition) is 1. The third-order valence-electron chi connectivity index (χ3n) is 4.47. The Morgan fingerprint density at radius 3 is 2.71 bits per heavy atom. The minimum Gasteiger partial charge on any atom is -0.481 e. The first-order valence-corrected chi connectivity index (χ1v) is 8.92. The molecule has 134 valence electrons. The van der Waals surface area contributed by atoms with Crippen LogP contribution >= 0.6 is 0 Å². The van der Waals surface area contributed by atoms with Crippen LogP contribution in [0.3, 0.4) is 0 Å². The molecular weight excluding hydrogens is 304 g/mol. The molecule has 1 aromatic rings. The van der Waals surface area contributed by atoms with Crippen LogP contribution in [0.1, 0.15) is 30.9 Å². The Morgan fingerprint density at radius 2 is 2.04 bits per heavy atom. The Balaban J connectivity index is 1.73. The van der Waals surface area contributed by atoms with Crippen LogP contribution in [-0.2, 0) is 9.53 Å². The lowest BCUT2D eigenvalue weighted by Crippen LogP contribution is -2.41. The van der Waals surface area contributed by atoms with Crippen molar-refractivity contribution in [2.75, 3.05) is 39.4 Å². The van der Waals surface area contributed by atoms with Crippen LogP contribution in [0.4, 0.5) is 0 Å². The summed E-state index contributed by atoms with van der Waals surface area (Å²) in [5, 5.41) is 3.00. The highest BCUT2D eigenvalue weighted by Crippen LogP contribution is 2.18. The Hall–Kier alpha value is -1.59. The summed E-state index contributed by atoms with van der Waals surface area (Å²) in [6, 6.07) is 5.94. The molecule has 0 spiro atoms. The second-order valence-corrected chi connectivity index (χ2v) is 6.36. The number of rotatable bonds is 8. The molecule has 1 N–H and O–H groups in total. The Kier molecular flexibility index (Phi) is 7.53. The lowest BCUT2D eigenvalue weighted by Gasteiger charge is -2.26. The van der Waals surface area contributed by atoms with Gasteiger partial charge in [0, 0.05) is 19.6 Å². The van der Waals surface area contributed by atoms with Crippen LogP contribution in [0.25, 0.3) is 0 Å². The molecular formula is C19H30N2O3. The van der Waals surface area contributed by atoms with Gasteiger partial charge in [-0.15, -0.1) is 0 Å². The van der Waals surface area contributed by atoms with Crippen LogP contribution in [0.5, 0.6) is 5.75 Å². The van der Waals surface area contributed by atoms with E-state index in [1.165, 1.54) is 11.1 Å². The van der Waals surface area contributed by atoms with Gasteiger partial charge in [-0.2, -0.15) is 0 Å². The average Bonchev–Trinajstić information content (AvgIpc) is 2.60. The zero-order valence-electron chi connectivity index (χ0n) is 15.1. The molecule has 1 aliphatic rings. The second-order valence-electron chi connectivity index (χ2n) is 6.36. The van der Waals surface area contributed by atoms with E-state index < -0.39 is 6.10 Å². The van der Waals surface area contributed by atoms with Gasteiger partial charge in [-0.05, 0) is 56.5 Å². The molecule has 2 rings (SSSR count). The number of hydrogen-bond acceptors (Lipinski definition) is 4. The molecule has 0 bridgehead atoms. The molecule has 1 aliphatic heterocycles. The van der Waals surface area contributed by atoms with E-state index in [1.54, 1.807) is 0 Å². The first-order chi connectivity index (χ1) is 11.6. The van der Waals surface area contributed by atoms with Crippen LogP contribution in [0.2, 0.25) is 0 Å². The summed E-state index contributed by atoms with van der Waals surface area (Å²) in [5.74, 6) is 0.728. The molecule has 1 saturated heterocycles. The smallest absolute Gasteiger partial charge is 0.261 e. The van der Waals surface area contributed by atoms with Crippen molar-refractivity contribution < 1.29 is 14.3 Å². The molecule has 1 aromatic carbocycles. The summed E-state index contributed by atoms with van der Waals surface area (Å²) in [6.45, 7) is 11.4. The molecule has 1 unspecified atom stereocenters. The SMILES string of the molecule is CCC(Oc1ccc(C)c(C)c1)C(=O)NCCCN1CCOCC1. The molecule has 1 atom stereocenters. The maximum atomic E-state index is 12.3. The number of carbonyl (C=O) groups is 1. The number of aryl methyl sites for hydroxylation is 2. The molecule has 0 aromatic heterocycles. The summed E-state index contributed by atoms with van der Waals surface area (Å²) < 4.78 is 11.2. The van der Waals surface area contributed by atoms with Crippen LogP contribution in [0, 0.1) is 13.8 Å². The summed E-state index contributed by atoms with van der Waals surface area (Å²) >= 11 is 0. The third-order valence-corrected chi connectivity index (χ3v) is 4.47. The summed E-state index contributed by atoms with van der Waals surface area (Å²) in [6.07, 6.45) is 1.17. The van der Waals surface area contributed by atoms with Gasteiger partial charge in [-0.1, -0.05) is 13.0 Å². The predicted molar refractivity (Wildman–Crippen MR) is 95.5 cm³/mol. The van der Waals surface area contributed by atoms with Crippen molar-refractivity contribution >= 4 is 5.91 Å². The molecule has 1 amide bonds. The van der Waals surface area contributed by atoms with Crippen molar-refractivity contribution in [3.8, 4) is 5.75 Å². The van der Waals surface area contributed by atoms with Gasteiger partial charge in [0.15, 0.2) is 6.10 Å². The first kappa shape index (κ1) is 18.7. The third kappa shape index (κ3) is 5.80. The Labute approximate surface area is 145 Å². The fraction of sp³-hybridized carbons (Fsp3) is 0.632. The Morgan fingerprint density at radius 1 is 1.29 bits per heavy atom. The summed E-state index contributed by atoms with van der Waals surface area (Å²) in [4.78, 5) is 14.7. The zero-order valence-corrected chi connectivity index (χ0v) is 15.1. The number of nitrogens with zero attached hydrogens (tertiary/aromatic N) is 1. The summed E-state index contributed by atoms with van der Waals surface area (Å²) in [7, 11) is 0. The van der Waals surface area contributed by atoms with Gasteiger partial charge in [0.2, 0.25) is 0 Å². The van der Waals surface area contributed by atoms with Crippen molar-refractivity contribution in [2.45, 2.75) is 39.7 Å². The number of morpholine rings is 1. The van der Waals surface area contributed by atoms with E-state index in [2.05, 4.69) is 24.1 Å². The van der Waals surface area contributed by atoms with Gasteiger partial charge in [-0.25, -0.2) is 0 Å². The maximum absolute atomic E-state index is 12.3. The average molecular weight is 334 g/mol. The fourth-order valence-corrected chi connectivity index (χ4v) is 2.73. The lowest BCUT2D eigenvalue weighted by atomic mass is 10.1. The normalized spacial score (nSPS) is 16.6. The van der Waals surface area contributed by atoms with Crippen LogP contribution < -0.4 is 10.1 Å². The molecule has 1 heterocycles. The van der Waals surface area contributed by atoms with Crippen LogP contribution in [0.15, 0.2) is 18.2 Å². The minimum absolute atomic E-state index is 0.0299. The van der Waals surface area contributed by atoms with Gasteiger partial charge in [-0.3, -0.25) is 9.69 Å². The highest BCUT2D eigenvalue weighted by atomic mass is 16.5. The largest absolute Gasteiger partial charge is 0.481 e. The first-order valence-electron chi connectivity index (χ1n) is 8.92. The maximum Gasteiger partial charge on any atom is 0.261 e. The Bertz CT molecular complexity index is 527. The number of amides is 1. The van der Waals surface area contributed by atoms with E-state index in [9.17, 15) is 4.79 Å². The molecule has 0 radical (unpaired) electrons. The quantitative estimate of drug-likeness (QED) is 0.741. The van der Waals surface area contributed by atoms with Crippen molar-refractivity contribution in [3.63, 3.8) is 0 Å². The van der Waals surface area contributed by atoms with Crippen molar-refractivity contribution in [1.82, 2.24) is 10.2 Å². The zero-order chi connectivity index (χ0) is 17.4. The van der Waals surface area contributed by atoms with E-state index in [4.69, 9.17) is 9.47 Å². The van der Waals surface area contributed by atoms with Crippen LogP contribution in [-0.4, -0.2) is 56.3 Å². The summed E-state index contributed by atoms with van der Waals surface area (Å²) in [5.41, 5.74) is 2.40. The van der Waals surface area contributed by atoms with E-state index >= 15 is 0 Å². The van der Waals surface area contributed by atoms with Gasteiger partial charge < -0.3 is 14.8 Å². The highest BCUT2D eigenvalue weighted by molar-refractivity contribution is 5.81. The van der Waals surface area contributed by atoms with Gasteiger partial charge in [0.05, 0.1) is 13.2 Å². The highest BCUT2D eigenvalue weighted by Gasteiger charge is 2.18. The monoisotopic (exact) mass is 334 g/mol. The standard InChI is InChI=1S/C19H30N2O3/c1-4-18(24-17-7-6-15(2)16(3)14-17)19(22)20-8-5-9-21-10-12-23-13-11-21/h6-7,14,18H,4-5,8-13H2,1-3H3,(H,20,22). The molecule has 0 saturated carbocycles. The number of nitrogens with one attached hydrogen (secondary N) is 1. The molecule has 24 heavy (non-hydrogen) atoms. The topological polar surface area (TPSA) is 50.8 Å². The van der Waals surface area contributed by atoms with Gasteiger partial charge >= 0.3 is 0 Å². The number of ether oxygens (including phenoxy) is 2.